The molecule has 1 fully saturated rings. The fourth-order valence-corrected chi connectivity index (χ4v) is 2.30. The molecule has 1 aliphatic heterocycles. The first kappa shape index (κ1) is 14.0. The van der Waals surface area contributed by atoms with Gasteiger partial charge in [0.1, 0.15) is 0 Å². The summed E-state index contributed by atoms with van der Waals surface area (Å²) in [6.07, 6.45) is 0. The summed E-state index contributed by atoms with van der Waals surface area (Å²) in [4.78, 5) is 16.6. The summed E-state index contributed by atoms with van der Waals surface area (Å²) in [6.45, 7) is 9.90. The normalized spacial score (nSPS) is 17.4. The second kappa shape index (κ2) is 6.68. The van der Waals surface area contributed by atoms with Crippen molar-refractivity contribution >= 4 is 11.6 Å². The molecule has 0 aliphatic carbocycles. The third-order valence-electron chi connectivity index (χ3n) is 3.61. The highest BCUT2D eigenvalue weighted by molar-refractivity contribution is 5.92. The van der Waals surface area contributed by atoms with E-state index in [-0.39, 0.29) is 5.91 Å². The Morgan fingerprint density at radius 3 is 2.26 bits per heavy atom. The summed E-state index contributed by atoms with van der Waals surface area (Å²) in [5, 5.41) is 2.95. The molecule has 0 aromatic heterocycles. The zero-order valence-electron chi connectivity index (χ0n) is 11.9. The largest absolute Gasteiger partial charge is 0.325 e. The van der Waals surface area contributed by atoms with Gasteiger partial charge in [0.2, 0.25) is 5.91 Å². The van der Waals surface area contributed by atoms with Crippen LogP contribution in [0.2, 0.25) is 0 Å². The van der Waals surface area contributed by atoms with E-state index in [0.717, 1.165) is 38.4 Å². The summed E-state index contributed by atoms with van der Waals surface area (Å²) >= 11 is 0. The van der Waals surface area contributed by atoms with Crippen LogP contribution in [0.4, 0.5) is 5.69 Å². The van der Waals surface area contributed by atoms with Crippen molar-refractivity contribution in [2.24, 2.45) is 0 Å². The van der Waals surface area contributed by atoms with Gasteiger partial charge >= 0.3 is 0 Å². The van der Waals surface area contributed by atoms with Gasteiger partial charge in [0.05, 0.1) is 6.54 Å². The third kappa shape index (κ3) is 4.33. The Morgan fingerprint density at radius 1 is 1.11 bits per heavy atom. The molecule has 1 aromatic rings. The Bertz CT molecular complexity index is 408. The molecule has 1 amide bonds. The summed E-state index contributed by atoms with van der Waals surface area (Å²) in [7, 11) is 0. The maximum absolute atomic E-state index is 12.0. The minimum atomic E-state index is 0.0776. The Kier molecular flexibility index (Phi) is 4.93. The van der Waals surface area contributed by atoms with E-state index in [1.54, 1.807) is 0 Å². The van der Waals surface area contributed by atoms with Crippen LogP contribution >= 0.6 is 0 Å². The van der Waals surface area contributed by atoms with Crippen molar-refractivity contribution in [3.05, 3.63) is 29.8 Å². The van der Waals surface area contributed by atoms with Crippen LogP contribution in [0.1, 0.15) is 12.5 Å². The number of likely N-dealkylation sites (N-methyl/N-ethyl adjacent to an activating group) is 1. The SMILES string of the molecule is CCN1CCN(CC(=O)Nc2ccc(C)cc2)CC1. The van der Waals surface area contributed by atoms with Gasteiger partial charge < -0.3 is 10.2 Å². The Labute approximate surface area is 115 Å². The second-order valence-corrected chi connectivity index (χ2v) is 5.12. The topological polar surface area (TPSA) is 35.6 Å². The molecule has 19 heavy (non-hydrogen) atoms. The van der Waals surface area contributed by atoms with E-state index in [9.17, 15) is 4.79 Å². The number of hydrogen-bond acceptors (Lipinski definition) is 3. The number of hydrogen-bond donors (Lipinski definition) is 1. The van der Waals surface area contributed by atoms with E-state index < -0.39 is 0 Å². The summed E-state index contributed by atoms with van der Waals surface area (Å²) < 4.78 is 0. The molecule has 1 N–H and O–H groups in total. The van der Waals surface area contributed by atoms with Crippen molar-refractivity contribution in [3.63, 3.8) is 0 Å². The van der Waals surface area contributed by atoms with E-state index in [1.807, 2.05) is 31.2 Å². The van der Waals surface area contributed by atoms with Crippen LogP contribution in [0.15, 0.2) is 24.3 Å². The Morgan fingerprint density at radius 2 is 1.68 bits per heavy atom. The predicted molar refractivity (Wildman–Crippen MR) is 78.4 cm³/mol. The number of nitrogens with one attached hydrogen (secondary N) is 1. The number of anilines is 1. The monoisotopic (exact) mass is 261 g/mol. The lowest BCUT2D eigenvalue weighted by atomic mass is 10.2. The molecule has 4 nitrogen and oxygen atoms in total. The number of carbonyl (C=O) groups excluding carboxylic acids is 1. The summed E-state index contributed by atoms with van der Waals surface area (Å²) in [5.74, 6) is 0.0776. The number of amides is 1. The molecule has 0 unspecified atom stereocenters. The first-order valence-corrected chi connectivity index (χ1v) is 6.98. The van der Waals surface area contributed by atoms with Crippen molar-refractivity contribution in [2.75, 3.05) is 44.6 Å². The van der Waals surface area contributed by atoms with Gasteiger partial charge in [-0.25, -0.2) is 0 Å². The van der Waals surface area contributed by atoms with Gasteiger partial charge in [0.15, 0.2) is 0 Å². The zero-order chi connectivity index (χ0) is 13.7. The van der Waals surface area contributed by atoms with E-state index >= 15 is 0 Å². The highest BCUT2D eigenvalue weighted by Gasteiger charge is 2.17. The van der Waals surface area contributed by atoms with Crippen molar-refractivity contribution < 1.29 is 4.79 Å². The molecule has 4 heteroatoms. The fraction of sp³-hybridized carbons (Fsp3) is 0.533. The van der Waals surface area contributed by atoms with Crippen molar-refractivity contribution in [1.82, 2.24) is 9.80 Å². The highest BCUT2D eigenvalue weighted by Crippen LogP contribution is 2.09. The highest BCUT2D eigenvalue weighted by atomic mass is 16.2. The number of carbonyl (C=O) groups is 1. The van der Waals surface area contributed by atoms with Gasteiger partial charge in [-0.2, -0.15) is 0 Å². The van der Waals surface area contributed by atoms with Crippen LogP contribution in [0.5, 0.6) is 0 Å². The average Bonchev–Trinajstić information content (AvgIpc) is 2.42. The van der Waals surface area contributed by atoms with Gasteiger partial charge in [-0.15, -0.1) is 0 Å². The third-order valence-corrected chi connectivity index (χ3v) is 3.61. The van der Waals surface area contributed by atoms with Crippen LogP contribution in [0.3, 0.4) is 0 Å². The second-order valence-electron chi connectivity index (χ2n) is 5.12. The van der Waals surface area contributed by atoms with Crippen molar-refractivity contribution in [1.29, 1.82) is 0 Å². The van der Waals surface area contributed by atoms with E-state index in [0.29, 0.717) is 6.54 Å². The van der Waals surface area contributed by atoms with Crippen LogP contribution in [0.25, 0.3) is 0 Å². The Hall–Kier alpha value is -1.39. The lowest BCUT2D eigenvalue weighted by molar-refractivity contribution is -0.117. The van der Waals surface area contributed by atoms with Gasteiger partial charge in [0.25, 0.3) is 0 Å². The predicted octanol–water partition coefficient (Wildman–Crippen LogP) is 1.57. The number of benzene rings is 1. The standard InChI is InChI=1S/C15H23N3O/c1-3-17-8-10-18(11-9-17)12-15(19)16-14-6-4-13(2)5-7-14/h4-7H,3,8-12H2,1-2H3,(H,16,19). The smallest absolute Gasteiger partial charge is 0.238 e. The minimum absolute atomic E-state index is 0.0776. The maximum Gasteiger partial charge on any atom is 0.238 e. The molecule has 0 radical (unpaired) electrons. The molecule has 0 saturated carbocycles. The molecular weight excluding hydrogens is 238 g/mol. The first-order valence-electron chi connectivity index (χ1n) is 6.98. The number of rotatable bonds is 4. The molecule has 1 aromatic carbocycles. The number of piperazine rings is 1. The lowest BCUT2D eigenvalue weighted by Crippen LogP contribution is -2.48. The zero-order valence-corrected chi connectivity index (χ0v) is 11.9. The van der Waals surface area contributed by atoms with E-state index in [1.165, 1.54) is 5.56 Å². The molecule has 1 aliphatic rings. The van der Waals surface area contributed by atoms with Gasteiger partial charge in [0, 0.05) is 31.9 Å². The molecule has 104 valence electrons. The first-order chi connectivity index (χ1) is 9.17. The van der Waals surface area contributed by atoms with Gasteiger partial charge in [-0.3, -0.25) is 9.69 Å². The lowest BCUT2D eigenvalue weighted by Gasteiger charge is -2.33. The molecule has 1 heterocycles. The maximum atomic E-state index is 12.0. The molecule has 1 saturated heterocycles. The minimum Gasteiger partial charge on any atom is -0.325 e. The van der Waals surface area contributed by atoms with Gasteiger partial charge in [-0.05, 0) is 25.6 Å². The van der Waals surface area contributed by atoms with E-state index in [4.69, 9.17) is 0 Å². The number of nitrogens with zero attached hydrogens (tertiary/aromatic N) is 2. The van der Waals surface area contributed by atoms with Crippen molar-refractivity contribution in [2.45, 2.75) is 13.8 Å². The molecule has 0 bridgehead atoms. The molecule has 0 spiro atoms. The Balaban J connectivity index is 1.77. The van der Waals surface area contributed by atoms with Crippen LogP contribution in [-0.2, 0) is 4.79 Å². The van der Waals surface area contributed by atoms with Crippen molar-refractivity contribution in [3.8, 4) is 0 Å². The van der Waals surface area contributed by atoms with Crippen LogP contribution < -0.4 is 5.32 Å². The molecule has 2 rings (SSSR count). The van der Waals surface area contributed by atoms with Crippen LogP contribution in [0, 0.1) is 6.92 Å². The molecular formula is C15H23N3O. The van der Waals surface area contributed by atoms with Gasteiger partial charge in [-0.1, -0.05) is 24.6 Å². The summed E-state index contributed by atoms with van der Waals surface area (Å²) in [5.41, 5.74) is 2.08. The van der Waals surface area contributed by atoms with E-state index in [2.05, 4.69) is 22.0 Å². The summed E-state index contributed by atoms with van der Waals surface area (Å²) in [6, 6.07) is 7.91. The quantitative estimate of drug-likeness (QED) is 0.893. The molecule has 0 atom stereocenters. The van der Waals surface area contributed by atoms with Crippen LogP contribution in [-0.4, -0.2) is 55.0 Å². The fourth-order valence-electron chi connectivity index (χ4n) is 2.30. The average molecular weight is 261 g/mol. The number of aryl methyl sites for hydroxylation is 1.